The lowest BCUT2D eigenvalue weighted by Crippen LogP contribution is -2.25. The zero-order chi connectivity index (χ0) is 16.8. The fourth-order valence-corrected chi connectivity index (χ4v) is 2.16. The van der Waals surface area contributed by atoms with Gasteiger partial charge in [-0.3, -0.25) is 4.79 Å². The number of amides is 1. The van der Waals surface area contributed by atoms with E-state index in [1.165, 1.54) is 18.2 Å². The third-order valence-electron chi connectivity index (χ3n) is 3.37. The van der Waals surface area contributed by atoms with E-state index >= 15 is 0 Å². The number of hydrogen-bond donors (Lipinski definition) is 3. The molecule has 0 aliphatic heterocycles. The lowest BCUT2D eigenvalue weighted by Gasteiger charge is -2.10. The SMILES string of the molecule is COc1ccc(CCNC(=O)c2cc(O)ccc2O)cc1OC. The summed E-state index contributed by atoms with van der Waals surface area (Å²) in [5.41, 5.74) is 1.01. The minimum Gasteiger partial charge on any atom is -0.508 e. The monoisotopic (exact) mass is 317 g/mol. The average Bonchev–Trinajstić information content (AvgIpc) is 2.56. The summed E-state index contributed by atoms with van der Waals surface area (Å²) < 4.78 is 10.4. The lowest BCUT2D eigenvalue weighted by atomic mass is 10.1. The van der Waals surface area contributed by atoms with E-state index in [0.717, 1.165) is 5.56 Å². The molecule has 0 saturated heterocycles. The maximum absolute atomic E-state index is 12.0. The molecule has 0 atom stereocenters. The number of benzene rings is 2. The van der Waals surface area contributed by atoms with E-state index in [1.54, 1.807) is 20.3 Å². The van der Waals surface area contributed by atoms with Crippen LogP contribution in [0.1, 0.15) is 15.9 Å². The first kappa shape index (κ1) is 16.5. The van der Waals surface area contributed by atoms with Gasteiger partial charge in [0.15, 0.2) is 11.5 Å². The van der Waals surface area contributed by atoms with E-state index < -0.39 is 5.91 Å². The number of carbonyl (C=O) groups is 1. The Balaban J connectivity index is 1.97. The number of hydrogen-bond acceptors (Lipinski definition) is 5. The normalized spacial score (nSPS) is 10.2. The number of carbonyl (C=O) groups excluding carboxylic acids is 1. The van der Waals surface area contributed by atoms with E-state index in [9.17, 15) is 15.0 Å². The van der Waals surface area contributed by atoms with Gasteiger partial charge in [-0.1, -0.05) is 6.07 Å². The number of nitrogens with one attached hydrogen (secondary N) is 1. The van der Waals surface area contributed by atoms with Gasteiger partial charge < -0.3 is 25.0 Å². The fourth-order valence-electron chi connectivity index (χ4n) is 2.16. The van der Waals surface area contributed by atoms with Crippen molar-refractivity contribution in [2.24, 2.45) is 0 Å². The van der Waals surface area contributed by atoms with Crippen LogP contribution in [0, 0.1) is 0 Å². The molecular weight excluding hydrogens is 298 g/mol. The Bertz CT molecular complexity index is 699. The predicted octanol–water partition coefficient (Wildman–Crippen LogP) is 2.09. The van der Waals surface area contributed by atoms with Crippen molar-refractivity contribution in [1.29, 1.82) is 0 Å². The molecule has 6 heteroatoms. The van der Waals surface area contributed by atoms with Gasteiger partial charge in [0.2, 0.25) is 0 Å². The van der Waals surface area contributed by atoms with Crippen LogP contribution in [-0.2, 0) is 6.42 Å². The standard InChI is InChI=1S/C17H19NO5/c1-22-15-6-3-11(9-16(15)23-2)7-8-18-17(21)13-10-12(19)4-5-14(13)20/h3-6,9-10,19-20H,7-8H2,1-2H3,(H,18,21). The lowest BCUT2D eigenvalue weighted by molar-refractivity contribution is 0.0951. The van der Waals surface area contributed by atoms with Gasteiger partial charge >= 0.3 is 0 Å². The van der Waals surface area contributed by atoms with Crippen molar-refractivity contribution in [2.75, 3.05) is 20.8 Å². The minimum absolute atomic E-state index is 0.0392. The van der Waals surface area contributed by atoms with Crippen molar-refractivity contribution in [3.05, 3.63) is 47.5 Å². The second-order valence-corrected chi connectivity index (χ2v) is 4.90. The van der Waals surface area contributed by atoms with E-state index in [0.29, 0.717) is 24.5 Å². The van der Waals surface area contributed by atoms with Gasteiger partial charge in [-0.25, -0.2) is 0 Å². The van der Waals surface area contributed by atoms with Crippen LogP contribution in [0.4, 0.5) is 0 Å². The number of methoxy groups -OCH3 is 2. The zero-order valence-electron chi connectivity index (χ0n) is 13.0. The fraction of sp³-hybridized carbons (Fsp3) is 0.235. The van der Waals surface area contributed by atoms with Crippen LogP contribution in [0.3, 0.4) is 0 Å². The molecular formula is C17H19NO5. The van der Waals surface area contributed by atoms with Crippen molar-refractivity contribution < 1.29 is 24.5 Å². The largest absolute Gasteiger partial charge is 0.508 e. The molecule has 0 unspecified atom stereocenters. The Morgan fingerprint density at radius 1 is 1.04 bits per heavy atom. The maximum Gasteiger partial charge on any atom is 0.255 e. The highest BCUT2D eigenvalue weighted by Gasteiger charge is 2.11. The number of rotatable bonds is 6. The third kappa shape index (κ3) is 4.06. The second-order valence-electron chi connectivity index (χ2n) is 4.90. The second kappa shape index (κ2) is 7.40. The number of phenolic OH excluding ortho intramolecular Hbond substituents is 2. The quantitative estimate of drug-likeness (QED) is 0.710. The molecule has 0 fully saturated rings. The van der Waals surface area contributed by atoms with Crippen LogP contribution in [0.25, 0.3) is 0 Å². The molecule has 2 aromatic rings. The minimum atomic E-state index is -0.445. The summed E-state index contributed by atoms with van der Waals surface area (Å²) in [5, 5.41) is 21.7. The molecule has 2 aromatic carbocycles. The van der Waals surface area contributed by atoms with Crippen LogP contribution in [0.2, 0.25) is 0 Å². The van der Waals surface area contributed by atoms with Crippen LogP contribution in [0.5, 0.6) is 23.0 Å². The van der Waals surface area contributed by atoms with Gasteiger partial charge in [-0.15, -0.1) is 0 Å². The highest BCUT2D eigenvalue weighted by molar-refractivity contribution is 5.97. The highest BCUT2D eigenvalue weighted by atomic mass is 16.5. The molecule has 0 aromatic heterocycles. The molecule has 1 amide bonds. The maximum atomic E-state index is 12.0. The molecule has 0 spiro atoms. The van der Waals surface area contributed by atoms with Crippen LogP contribution in [-0.4, -0.2) is 36.9 Å². The molecule has 0 aliphatic rings. The summed E-state index contributed by atoms with van der Waals surface area (Å²) in [7, 11) is 3.13. The topological polar surface area (TPSA) is 88.0 Å². The zero-order valence-corrected chi connectivity index (χ0v) is 13.0. The third-order valence-corrected chi connectivity index (χ3v) is 3.37. The Hall–Kier alpha value is -2.89. The molecule has 2 rings (SSSR count). The van der Waals surface area contributed by atoms with Crippen LogP contribution >= 0.6 is 0 Å². The van der Waals surface area contributed by atoms with Crippen molar-refractivity contribution in [2.45, 2.75) is 6.42 Å². The summed E-state index contributed by atoms with van der Waals surface area (Å²) in [6.45, 7) is 0.378. The molecule has 0 bridgehead atoms. The summed E-state index contributed by atoms with van der Waals surface area (Å²) in [6.07, 6.45) is 0.589. The Morgan fingerprint density at radius 2 is 1.78 bits per heavy atom. The Kier molecular flexibility index (Phi) is 5.30. The Morgan fingerprint density at radius 3 is 2.48 bits per heavy atom. The van der Waals surface area contributed by atoms with E-state index in [2.05, 4.69) is 5.32 Å². The summed E-state index contributed by atoms with van der Waals surface area (Å²) in [5.74, 6) is 0.574. The van der Waals surface area contributed by atoms with Gasteiger partial charge in [0.05, 0.1) is 19.8 Å². The summed E-state index contributed by atoms with van der Waals surface area (Å²) in [4.78, 5) is 12.0. The van der Waals surface area contributed by atoms with Crippen LogP contribution in [0.15, 0.2) is 36.4 Å². The van der Waals surface area contributed by atoms with Crippen molar-refractivity contribution in [3.8, 4) is 23.0 Å². The molecule has 6 nitrogen and oxygen atoms in total. The molecule has 23 heavy (non-hydrogen) atoms. The first-order valence-electron chi connectivity index (χ1n) is 7.06. The van der Waals surface area contributed by atoms with Crippen molar-refractivity contribution >= 4 is 5.91 Å². The van der Waals surface area contributed by atoms with Gasteiger partial charge in [0.1, 0.15) is 11.5 Å². The average molecular weight is 317 g/mol. The van der Waals surface area contributed by atoms with Crippen molar-refractivity contribution in [3.63, 3.8) is 0 Å². The first-order chi connectivity index (χ1) is 11.0. The molecule has 122 valence electrons. The van der Waals surface area contributed by atoms with E-state index in [-0.39, 0.29) is 17.1 Å². The smallest absolute Gasteiger partial charge is 0.255 e. The van der Waals surface area contributed by atoms with Gasteiger partial charge in [-0.05, 0) is 42.3 Å². The molecule has 0 radical (unpaired) electrons. The van der Waals surface area contributed by atoms with Gasteiger partial charge in [-0.2, -0.15) is 0 Å². The van der Waals surface area contributed by atoms with Gasteiger partial charge in [0.25, 0.3) is 5.91 Å². The Labute approximate surface area is 134 Å². The molecule has 0 saturated carbocycles. The predicted molar refractivity (Wildman–Crippen MR) is 85.4 cm³/mol. The molecule has 0 aliphatic carbocycles. The number of ether oxygens (including phenoxy) is 2. The highest BCUT2D eigenvalue weighted by Crippen LogP contribution is 2.27. The number of aromatic hydroxyl groups is 2. The molecule has 3 N–H and O–H groups in total. The summed E-state index contributed by atoms with van der Waals surface area (Å²) >= 11 is 0. The number of phenols is 2. The van der Waals surface area contributed by atoms with Gasteiger partial charge in [0, 0.05) is 6.54 Å². The van der Waals surface area contributed by atoms with E-state index in [1.807, 2.05) is 12.1 Å². The van der Waals surface area contributed by atoms with Crippen molar-refractivity contribution in [1.82, 2.24) is 5.32 Å². The van der Waals surface area contributed by atoms with E-state index in [4.69, 9.17) is 9.47 Å². The molecule has 0 heterocycles. The summed E-state index contributed by atoms with van der Waals surface area (Å²) in [6, 6.07) is 9.35. The van der Waals surface area contributed by atoms with Crippen LogP contribution < -0.4 is 14.8 Å². The first-order valence-corrected chi connectivity index (χ1v) is 7.06.